The number of aromatic nitrogens is 5. The minimum Gasteiger partial charge on any atom is -0.343 e. The van der Waals surface area contributed by atoms with Crippen molar-refractivity contribution >= 4 is 17.2 Å². The second-order valence-corrected chi connectivity index (χ2v) is 7.21. The predicted molar refractivity (Wildman–Crippen MR) is 106 cm³/mol. The maximum absolute atomic E-state index is 12.6. The number of aryl methyl sites for hydroxylation is 4. The molecule has 0 amide bonds. The molecular weight excluding hydrogens is 362 g/mol. The lowest BCUT2D eigenvalue weighted by atomic mass is 10.1. The summed E-state index contributed by atoms with van der Waals surface area (Å²) in [4.78, 5) is 16.0. The molecule has 0 fully saturated rings. The van der Waals surface area contributed by atoms with Gasteiger partial charge in [-0.15, -0.1) is 0 Å². The van der Waals surface area contributed by atoms with Crippen LogP contribution < -0.4 is 5.56 Å². The summed E-state index contributed by atoms with van der Waals surface area (Å²) in [7, 11) is 0. The molecule has 4 aromatic rings. The lowest BCUT2D eigenvalue weighted by molar-refractivity contribution is 0.840. The quantitative estimate of drug-likeness (QED) is 0.564. The van der Waals surface area contributed by atoms with Gasteiger partial charge >= 0.3 is 0 Å². The van der Waals surface area contributed by atoms with E-state index in [1.807, 2.05) is 45.0 Å². The first kappa shape index (κ1) is 17.5. The number of benzene rings is 1. The third-order valence-corrected chi connectivity index (χ3v) is 5.16. The molecular formula is C20H20ClN5O. The number of aromatic amines is 2. The summed E-state index contributed by atoms with van der Waals surface area (Å²) >= 11 is 6.01. The average molecular weight is 382 g/mol. The topological polar surface area (TPSA) is 78.8 Å². The molecule has 0 saturated heterocycles. The van der Waals surface area contributed by atoms with Gasteiger partial charge in [-0.1, -0.05) is 23.7 Å². The zero-order chi connectivity index (χ0) is 19.1. The Morgan fingerprint density at radius 2 is 1.81 bits per heavy atom. The smallest absolute Gasteiger partial charge is 0.274 e. The highest BCUT2D eigenvalue weighted by Gasteiger charge is 2.15. The highest BCUT2D eigenvalue weighted by atomic mass is 35.5. The molecule has 0 atom stereocenters. The minimum absolute atomic E-state index is 0.136. The fourth-order valence-corrected chi connectivity index (χ4v) is 3.63. The zero-order valence-electron chi connectivity index (χ0n) is 15.4. The zero-order valence-corrected chi connectivity index (χ0v) is 16.2. The summed E-state index contributed by atoms with van der Waals surface area (Å²) in [5.41, 5.74) is 7.39. The van der Waals surface area contributed by atoms with Gasteiger partial charge in [-0.25, -0.2) is 0 Å². The van der Waals surface area contributed by atoms with E-state index >= 15 is 0 Å². The Morgan fingerprint density at radius 3 is 2.48 bits per heavy atom. The van der Waals surface area contributed by atoms with Crippen molar-refractivity contribution in [1.82, 2.24) is 24.8 Å². The van der Waals surface area contributed by atoms with E-state index in [1.54, 1.807) is 6.07 Å². The van der Waals surface area contributed by atoms with Crippen LogP contribution in [0.5, 0.6) is 0 Å². The number of halogens is 1. The standard InChI is InChI=1S/C20H20ClN5O/c1-11-17(12(2)24-23-11)9-8-16-10-18(27)26-20(22-16)19(13(3)25-26)14-4-6-15(21)7-5-14/h4-7,10,22H,8-9H2,1-3H3,(H,23,24). The molecule has 138 valence electrons. The summed E-state index contributed by atoms with van der Waals surface area (Å²) in [5.74, 6) is 0. The largest absolute Gasteiger partial charge is 0.343 e. The van der Waals surface area contributed by atoms with Crippen LogP contribution in [0.2, 0.25) is 5.02 Å². The van der Waals surface area contributed by atoms with Crippen molar-refractivity contribution in [1.29, 1.82) is 0 Å². The van der Waals surface area contributed by atoms with E-state index in [4.69, 9.17) is 11.6 Å². The van der Waals surface area contributed by atoms with Gasteiger partial charge in [0, 0.05) is 28.0 Å². The van der Waals surface area contributed by atoms with Gasteiger partial charge in [-0.3, -0.25) is 9.89 Å². The molecule has 3 aromatic heterocycles. The van der Waals surface area contributed by atoms with E-state index < -0.39 is 0 Å². The first-order valence-electron chi connectivity index (χ1n) is 8.82. The Balaban J connectivity index is 1.77. The molecule has 0 aliphatic heterocycles. The minimum atomic E-state index is -0.136. The van der Waals surface area contributed by atoms with Crippen molar-refractivity contribution in [3.8, 4) is 11.1 Å². The normalized spacial score (nSPS) is 11.4. The van der Waals surface area contributed by atoms with Gasteiger partial charge in [0.1, 0.15) is 5.65 Å². The van der Waals surface area contributed by atoms with Gasteiger partial charge in [-0.2, -0.15) is 14.7 Å². The Kier molecular flexibility index (Phi) is 4.36. The number of nitrogens with zero attached hydrogens (tertiary/aromatic N) is 3. The van der Waals surface area contributed by atoms with Gasteiger partial charge in [-0.05, 0) is 56.9 Å². The van der Waals surface area contributed by atoms with E-state index in [9.17, 15) is 4.79 Å². The van der Waals surface area contributed by atoms with E-state index in [1.165, 1.54) is 10.1 Å². The molecule has 0 bridgehead atoms. The molecule has 0 radical (unpaired) electrons. The van der Waals surface area contributed by atoms with Crippen LogP contribution in [0, 0.1) is 20.8 Å². The summed E-state index contributed by atoms with van der Waals surface area (Å²) in [6.45, 7) is 5.91. The lowest BCUT2D eigenvalue weighted by Crippen LogP contribution is -2.16. The van der Waals surface area contributed by atoms with Gasteiger partial charge in [0.25, 0.3) is 5.56 Å². The molecule has 7 heteroatoms. The number of H-pyrrole nitrogens is 2. The van der Waals surface area contributed by atoms with Crippen LogP contribution in [-0.4, -0.2) is 24.8 Å². The van der Waals surface area contributed by atoms with Gasteiger partial charge in [0.15, 0.2) is 0 Å². The van der Waals surface area contributed by atoms with Crippen LogP contribution >= 0.6 is 11.6 Å². The Bertz CT molecular complexity index is 1160. The van der Waals surface area contributed by atoms with Crippen molar-refractivity contribution in [2.75, 3.05) is 0 Å². The summed E-state index contributed by atoms with van der Waals surface area (Å²) in [6.07, 6.45) is 1.53. The van der Waals surface area contributed by atoms with E-state index in [0.717, 1.165) is 46.7 Å². The average Bonchev–Trinajstić information content (AvgIpc) is 3.13. The fourth-order valence-electron chi connectivity index (χ4n) is 3.50. The molecule has 0 unspecified atom stereocenters. The molecule has 0 aliphatic carbocycles. The predicted octanol–water partition coefficient (Wildman–Crippen LogP) is 3.78. The van der Waals surface area contributed by atoms with Gasteiger partial charge < -0.3 is 4.98 Å². The van der Waals surface area contributed by atoms with Crippen molar-refractivity contribution in [2.24, 2.45) is 0 Å². The third-order valence-electron chi connectivity index (χ3n) is 4.90. The van der Waals surface area contributed by atoms with Crippen LogP contribution in [0.15, 0.2) is 35.1 Å². The van der Waals surface area contributed by atoms with Crippen LogP contribution in [0.1, 0.15) is 28.3 Å². The number of hydrogen-bond donors (Lipinski definition) is 2. The maximum atomic E-state index is 12.6. The molecule has 0 aliphatic rings. The van der Waals surface area contributed by atoms with E-state index in [-0.39, 0.29) is 5.56 Å². The van der Waals surface area contributed by atoms with Crippen molar-refractivity contribution in [3.63, 3.8) is 0 Å². The number of nitrogens with one attached hydrogen (secondary N) is 2. The molecule has 2 N–H and O–H groups in total. The fraction of sp³-hybridized carbons (Fsp3) is 0.250. The highest BCUT2D eigenvalue weighted by Crippen LogP contribution is 2.27. The van der Waals surface area contributed by atoms with E-state index in [2.05, 4.69) is 20.3 Å². The first-order chi connectivity index (χ1) is 12.9. The van der Waals surface area contributed by atoms with Gasteiger partial charge in [0.05, 0.1) is 11.4 Å². The van der Waals surface area contributed by atoms with Crippen molar-refractivity contribution in [3.05, 3.63) is 74.0 Å². The molecule has 4 rings (SSSR count). The molecule has 3 heterocycles. The molecule has 0 saturated carbocycles. The summed E-state index contributed by atoms with van der Waals surface area (Å²) < 4.78 is 1.43. The molecule has 1 aromatic carbocycles. The molecule has 6 nitrogen and oxygen atoms in total. The third kappa shape index (κ3) is 3.17. The second-order valence-electron chi connectivity index (χ2n) is 6.77. The first-order valence-corrected chi connectivity index (χ1v) is 9.19. The SMILES string of the molecule is Cc1n[nH]c(C)c1CCc1cc(=O)n2nc(C)c(-c3ccc(Cl)cc3)c2[nH]1. The van der Waals surface area contributed by atoms with Crippen LogP contribution in [-0.2, 0) is 12.8 Å². The summed E-state index contributed by atoms with van der Waals surface area (Å²) in [5, 5.41) is 12.3. The summed E-state index contributed by atoms with van der Waals surface area (Å²) in [6, 6.07) is 9.18. The van der Waals surface area contributed by atoms with E-state index in [0.29, 0.717) is 10.7 Å². The van der Waals surface area contributed by atoms with Crippen LogP contribution in [0.25, 0.3) is 16.8 Å². The van der Waals surface area contributed by atoms with Crippen molar-refractivity contribution < 1.29 is 0 Å². The number of fused-ring (bicyclic) bond motifs is 1. The number of rotatable bonds is 4. The lowest BCUT2D eigenvalue weighted by Gasteiger charge is -2.06. The van der Waals surface area contributed by atoms with Crippen LogP contribution in [0.3, 0.4) is 0 Å². The highest BCUT2D eigenvalue weighted by molar-refractivity contribution is 6.30. The second kappa shape index (κ2) is 6.70. The van der Waals surface area contributed by atoms with Crippen molar-refractivity contribution in [2.45, 2.75) is 33.6 Å². The molecule has 0 spiro atoms. The molecule has 27 heavy (non-hydrogen) atoms. The monoisotopic (exact) mass is 381 g/mol. The Hall–Kier alpha value is -2.86. The van der Waals surface area contributed by atoms with Crippen LogP contribution in [0.4, 0.5) is 0 Å². The van der Waals surface area contributed by atoms with Gasteiger partial charge in [0.2, 0.25) is 0 Å². The number of hydrogen-bond acceptors (Lipinski definition) is 3. The maximum Gasteiger partial charge on any atom is 0.274 e. The Labute approximate surface area is 161 Å². The Morgan fingerprint density at radius 1 is 1.07 bits per heavy atom.